The largest absolute Gasteiger partial charge is 0.369 e. The van der Waals surface area contributed by atoms with Crippen LogP contribution in [0.1, 0.15) is 24.8 Å². The van der Waals surface area contributed by atoms with Gasteiger partial charge in [0, 0.05) is 25.8 Å². The smallest absolute Gasteiger partial charge is 0.323 e. The average Bonchev–Trinajstić information content (AvgIpc) is 3.04. The van der Waals surface area contributed by atoms with Crippen molar-refractivity contribution >= 4 is 17.8 Å². The molecule has 2 heterocycles. The van der Waals surface area contributed by atoms with Crippen LogP contribution < -0.4 is 11.1 Å². The van der Waals surface area contributed by atoms with Crippen LogP contribution in [-0.4, -0.2) is 53.9 Å². The molecular formula is C17H25N5O2. The number of nitrogens with one attached hydrogen (secondary N) is 1. The molecular weight excluding hydrogens is 306 g/mol. The second kappa shape index (κ2) is 6.39. The Hall–Kier alpha value is -2.15. The predicted molar refractivity (Wildman–Crippen MR) is 91.2 cm³/mol. The van der Waals surface area contributed by atoms with Gasteiger partial charge in [-0.1, -0.05) is 6.42 Å². The average molecular weight is 331 g/mol. The van der Waals surface area contributed by atoms with Gasteiger partial charge >= 0.3 is 6.03 Å². The maximum atomic E-state index is 12.6. The van der Waals surface area contributed by atoms with Crippen LogP contribution in [-0.2, 0) is 11.3 Å². The van der Waals surface area contributed by atoms with Gasteiger partial charge in [-0.05, 0) is 50.6 Å². The molecule has 7 nitrogen and oxygen atoms in total. The summed E-state index contributed by atoms with van der Waals surface area (Å²) >= 11 is 0. The van der Waals surface area contributed by atoms with Gasteiger partial charge in [0.05, 0.1) is 5.41 Å². The summed E-state index contributed by atoms with van der Waals surface area (Å²) in [5.74, 6) is 0.449. The van der Waals surface area contributed by atoms with Crippen molar-refractivity contribution in [1.82, 2.24) is 14.8 Å². The van der Waals surface area contributed by atoms with Gasteiger partial charge in [0.1, 0.15) is 5.82 Å². The Kier molecular flexibility index (Phi) is 4.45. The zero-order chi connectivity index (χ0) is 17.3. The van der Waals surface area contributed by atoms with Crippen LogP contribution in [0.4, 0.5) is 10.6 Å². The maximum Gasteiger partial charge on any atom is 0.323 e. The van der Waals surface area contributed by atoms with Crippen molar-refractivity contribution in [2.75, 3.05) is 32.5 Å². The van der Waals surface area contributed by atoms with Crippen LogP contribution in [0.15, 0.2) is 18.3 Å². The minimum absolute atomic E-state index is 0.189. The Labute approximate surface area is 142 Å². The number of primary amides is 1. The summed E-state index contributed by atoms with van der Waals surface area (Å²) in [5.41, 5.74) is 6.19. The van der Waals surface area contributed by atoms with Gasteiger partial charge in [-0.2, -0.15) is 0 Å². The molecule has 7 heteroatoms. The van der Waals surface area contributed by atoms with E-state index in [0.717, 1.165) is 31.4 Å². The number of amides is 3. The Morgan fingerprint density at radius 2 is 2.29 bits per heavy atom. The summed E-state index contributed by atoms with van der Waals surface area (Å²) in [6.45, 7) is 1.78. The van der Waals surface area contributed by atoms with E-state index >= 15 is 0 Å². The molecule has 130 valence electrons. The predicted octanol–water partition coefficient (Wildman–Crippen LogP) is 1.26. The highest BCUT2D eigenvalue weighted by molar-refractivity contribution is 5.90. The number of aromatic nitrogens is 1. The van der Waals surface area contributed by atoms with E-state index in [2.05, 4.69) is 15.2 Å². The second-order valence-corrected chi connectivity index (χ2v) is 7.21. The number of carbonyl (C=O) groups is 2. The molecule has 3 amide bonds. The van der Waals surface area contributed by atoms with E-state index in [1.807, 2.05) is 26.2 Å². The highest BCUT2D eigenvalue weighted by Gasteiger charge is 2.54. The molecule has 1 aliphatic carbocycles. The number of pyridine rings is 1. The Morgan fingerprint density at radius 3 is 2.96 bits per heavy atom. The van der Waals surface area contributed by atoms with Crippen molar-refractivity contribution in [2.45, 2.75) is 25.8 Å². The number of fused-ring (bicyclic) bond motifs is 1. The van der Waals surface area contributed by atoms with E-state index in [9.17, 15) is 9.59 Å². The van der Waals surface area contributed by atoms with Crippen molar-refractivity contribution in [3.63, 3.8) is 0 Å². The Bertz CT molecular complexity index is 648. The van der Waals surface area contributed by atoms with Gasteiger partial charge in [0.15, 0.2) is 0 Å². The number of rotatable bonds is 4. The topological polar surface area (TPSA) is 91.6 Å². The number of hydrogen-bond acceptors (Lipinski definition) is 4. The highest BCUT2D eigenvalue weighted by Crippen LogP contribution is 2.48. The van der Waals surface area contributed by atoms with Gasteiger partial charge in [-0.3, -0.25) is 10.1 Å². The van der Waals surface area contributed by atoms with Crippen LogP contribution >= 0.6 is 0 Å². The SMILES string of the molecule is CN(C)Cc1ccnc(NC(=O)N2C[C@@H]3CCC[C@]3(C(N)=O)C2)c1. The van der Waals surface area contributed by atoms with E-state index in [4.69, 9.17) is 5.73 Å². The third kappa shape index (κ3) is 3.08. The first kappa shape index (κ1) is 16.7. The van der Waals surface area contributed by atoms with E-state index in [0.29, 0.717) is 18.9 Å². The Morgan fingerprint density at radius 1 is 1.50 bits per heavy atom. The molecule has 2 atom stereocenters. The number of nitrogens with two attached hydrogens (primary N) is 1. The minimum Gasteiger partial charge on any atom is -0.369 e. The maximum absolute atomic E-state index is 12.6. The zero-order valence-electron chi connectivity index (χ0n) is 14.3. The monoisotopic (exact) mass is 331 g/mol. The molecule has 0 radical (unpaired) electrons. The van der Waals surface area contributed by atoms with Gasteiger partial charge in [-0.15, -0.1) is 0 Å². The fraction of sp³-hybridized carbons (Fsp3) is 0.588. The highest BCUT2D eigenvalue weighted by atomic mass is 16.2. The van der Waals surface area contributed by atoms with E-state index in [-0.39, 0.29) is 17.9 Å². The van der Waals surface area contributed by atoms with Crippen LogP contribution in [0, 0.1) is 11.3 Å². The van der Waals surface area contributed by atoms with Gasteiger partial charge in [0.2, 0.25) is 5.91 Å². The molecule has 1 aromatic rings. The fourth-order valence-electron chi connectivity index (χ4n) is 4.04. The molecule has 1 saturated heterocycles. The summed E-state index contributed by atoms with van der Waals surface area (Å²) in [7, 11) is 3.98. The summed E-state index contributed by atoms with van der Waals surface area (Å²) in [4.78, 5) is 32.5. The molecule has 24 heavy (non-hydrogen) atoms. The standard InChI is InChI=1S/C17H25N5O2/c1-21(2)9-12-5-7-19-14(8-12)20-16(24)22-10-13-4-3-6-17(13,11-22)15(18)23/h5,7-8,13H,3-4,6,9-11H2,1-2H3,(H2,18,23)(H,19,20,24)/t13-,17-/m0/s1. The van der Waals surface area contributed by atoms with Gasteiger partial charge in [-0.25, -0.2) is 9.78 Å². The van der Waals surface area contributed by atoms with Crippen molar-refractivity contribution in [2.24, 2.45) is 17.1 Å². The van der Waals surface area contributed by atoms with Gasteiger partial charge < -0.3 is 15.5 Å². The van der Waals surface area contributed by atoms with Crippen LogP contribution in [0.5, 0.6) is 0 Å². The lowest BCUT2D eigenvalue weighted by atomic mass is 9.80. The zero-order valence-corrected chi connectivity index (χ0v) is 14.3. The number of nitrogens with zero attached hydrogens (tertiary/aromatic N) is 3. The summed E-state index contributed by atoms with van der Waals surface area (Å²) in [5, 5.41) is 2.85. The first-order valence-electron chi connectivity index (χ1n) is 8.36. The molecule has 0 aromatic carbocycles. The van der Waals surface area contributed by atoms with E-state index < -0.39 is 5.41 Å². The van der Waals surface area contributed by atoms with Crippen LogP contribution in [0.2, 0.25) is 0 Å². The van der Waals surface area contributed by atoms with Crippen molar-refractivity contribution in [1.29, 1.82) is 0 Å². The summed E-state index contributed by atoms with van der Waals surface area (Å²) < 4.78 is 0. The molecule has 2 aliphatic rings. The summed E-state index contributed by atoms with van der Waals surface area (Å²) in [6.07, 6.45) is 4.45. The minimum atomic E-state index is -0.530. The number of anilines is 1. The molecule has 2 fully saturated rings. The lowest BCUT2D eigenvalue weighted by molar-refractivity contribution is -0.128. The second-order valence-electron chi connectivity index (χ2n) is 7.21. The number of urea groups is 1. The van der Waals surface area contributed by atoms with Crippen molar-refractivity contribution < 1.29 is 9.59 Å². The molecule has 0 unspecified atom stereocenters. The molecule has 0 bridgehead atoms. The van der Waals surface area contributed by atoms with Crippen molar-refractivity contribution in [3.05, 3.63) is 23.9 Å². The first-order valence-corrected chi connectivity index (χ1v) is 8.36. The van der Waals surface area contributed by atoms with Crippen molar-refractivity contribution in [3.8, 4) is 0 Å². The van der Waals surface area contributed by atoms with Crippen LogP contribution in [0.25, 0.3) is 0 Å². The number of hydrogen-bond donors (Lipinski definition) is 2. The molecule has 0 spiro atoms. The molecule has 1 aromatic heterocycles. The lowest BCUT2D eigenvalue weighted by Gasteiger charge is -2.24. The third-order valence-corrected chi connectivity index (χ3v) is 5.21. The first-order chi connectivity index (χ1) is 11.4. The molecule has 3 rings (SSSR count). The van der Waals surface area contributed by atoms with Gasteiger partial charge in [0.25, 0.3) is 0 Å². The number of carbonyl (C=O) groups excluding carboxylic acids is 2. The molecule has 3 N–H and O–H groups in total. The van der Waals surface area contributed by atoms with E-state index in [1.165, 1.54) is 0 Å². The number of likely N-dealkylation sites (tertiary alicyclic amines) is 1. The third-order valence-electron chi connectivity index (χ3n) is 5.21. The quantitative estimate of drug-likeness (QED) is 0.869. The normalized spacial score (nSPS) is 25.8. The van der Waals surface area contributed by atoms with Crippen LogP contribution in [0.3, 0.4) is 0 Å². The molecule has 1 aliphatic heterocycles. The van der Waals surface area contributed by atoms with E-state index in [1.54, 1.807) is 11.1 Å². The lowest BCUT2D eigenvalue weighted by Crippen LogP contribution is -2.42. The Balaban J connectivity index is 1.67. The molecule has 1 saturated carbocycles. The fourth-order valence-corrected chi connectivity index (χ4v) is 4.04. The summed E-state index contributed by atoms with van der Waals surface area (Å²) in [6, 6.07) is 3.59.